The van der Waals surface area contributed by atoms with E-state index in [2.05, 4.69) is 15.4 Å². The van der Waals surface area contributed by atoms with E-state index in [4.69, 9.17) is 17.4 Å². The second kappa shape index (κ2) is 5.43. The van der Waals surface area contributed by atoms with E-state index in [1.807, 2.05) is 30.3 Å². The van der Waals surface area contributed by atoms with Crippen LogP contribution in [0.5, 0.6) is 0 Å². The number of pyridine rings is 1. The van der Waals surface area contributed by atoms with Gasteiger partial charge in [-0.2, -0.15) is 0 Å². The molecular formula is C12H11ClN4. The summed E-state index contributed by atoms with van der Waals surface area (Å²) in [5.74, 6) is 5.97. The third kappa shape index (κ3) is 2.81. The maximum atomic E-state index is 6.03. The fourth-order valence-corrected chi connectivity index (χ4v) is 1.58. The summed E-state index contributed by atoms with van der Waals surface area (Å²) in [6.45, 7) is 0. The minimum Gasteiger partial charge on any atom is -0.308 e. The van der Waals surface area contributed by atoms with E-state index < -0.39 is 0 Å². The van der Waals surface area contributed by atoms with Crippen LogP contribution in [0.3, 0.4) is 0 Å². The summed E-state index contributed by atoms with van der Waals surface area (Å²) in [4.78, 5) is 8.29. The Hall–Kier alpha value is -1.91. The van der Waals surface area contributed by atoms with Gasteiger partial charge in [0.25, 0.3) is 0 Å². The van der Waals surface area contributed by atoms with E-state index in [1.54, 1.807) is 18.5 Å². The predicted octanol–water partition coefficient (Wildman–Crippen LogP) is 2.28. The molecule has 4 nitrogen and oxygen atoms in total. The molecule has 0 aliphatic heterocycles. The van der Waals surface area contributed by atoms with Crippen molar-refractivity contribution in [1.29, 1.82) is 0 Å². The fourth-order valence-electron chi connectivity index (χ4n) is 1.37. The SMILES string of the molecule is NNC(=Nc1ccccc1)c1ccncc1Cl. The molecule has 0 saturated heterocycles. The highest BCUT2D eigenvalue weighted by Crippen LogP contribution is 2.17. The second-order valence-electron chi connectivity index (χ2n) is 3.30. The van der Waals surface area contributed by atoms with E-state index in [1.165, 1.54) is 0 Å². The van der Waals surface area contributed by atoms with Crippen molar-refractivity contribution in [3.63, 3.8) is 0 Å². The molecule has 1 aromatic carbocycles. The van der Waals surface area contributed by atoms with Crippen LogP contribution in [0.4, 0.5) is 5.69 Å². The molecule has 2 aromatic rings. The van der Waals surface area contributed by atoms with Crippen molar-refractivity contribution < 1.29 is 0 Å². The predicted molar refractivity (Wildman–Crippen MR) is 69.2 cm³/mol. The fraction of sp³-hybridized carbons (Fsp3) is 0. The van der Waals surface area contributed by atoms with Crippen molar-refractivity contribution in [2.24, 2.45) is 10.8 Å². The van der Waals surface area contributed by atoms with Gasteiger partial charge in [0.15, 0.2) is 0 Å². The molecule has 2 rings (SSSR count). The third-order valence-electron chi connectivity index (χ3n) is 2.16. The van der Waals surface area contributed by atoms with Crippen molar-refractivity contribution in [2.45, 2.75) is 0 Å². The molecule has 86 valence electrons. The van der Waals surface area contributed by atoms with E-state index in [-0.39, 0.29) is 0 Å². The van der Waals surface area contributed by atoms with E-state index in [0.717, 1.165) is 5.69 Å². The van der Waals surface area contributed by atoms with Crippen LogP contribution in [0.15, 0.2) is 53.8 Å². The van der Waals surface area contributed by atoms with Gasteiger partial charge in [-0.1, -0.05) is 29.8 Å². The summed E-state index contributed by atoms with van der Waals surface area (Å²) in [6.07, 6.45) is 3.19. The first-order chi connectivity index (χ1) is 8.31. The number of benzene rings is 1. The Morgan fingerprint density at radius 3 is 2.65 bits per heavy atom. The Morgan fingerprint density at radius 1 is 1.24 bits per heavy atom. The lowest BCUT2D eigenvalue weighted by Gasteiger charge is -2.07. The highest BCUT2D eigenvalue weighted by molar-refractivity contribution is 6.34. The standard InChI is InChI=1S/C12H11ClN4/c13-11-8-15-7-6-10(11)12(17-14)16-9-4-2-1-3-5-9/h1-8H,14H2,(H,16,17). The average Bonchev–Trinajstić information content (AvgIpc) is 2.38. The van der Waals surface area contributed by atoms with Crippen LogP contribution in [0.2, 0.25) is 5.02 Å². The van der Waals surface area contributed by atoms with Crippen LogP contribution in [0, 0.1) is 0 Å². The first-order valence-corrected chi connectivity index (χ1v) is 5.39. The summed E-state index contributed by atoms with van der Waals surface area (Å²) < 4.78 is 0. The van der Waals surface area contributed by atoms with Gasteiger partial charge in [0, 0.05) is 18.0 Å². The Labute approximate surface area is 104 Å². The summed E-state index contributed by atoms with van der Waals surface area (Å²) in [5.41, 5.74) is 4.06. The topological polar surface area (TPSA) is 63.3 Å². The monoisotopic (exact) mass is 246 g/mol. The van der Waals surface area contributed by atoms with Gasteiger partial charge >= 0.3 is 0 Å². The Kier molecular flexibility index (Phi) is 3.69. The molecule has 0 atom stereocenters. The maximum Gasteiger partial charge on any atom is 0.149 e. The number of rotatable bonds is 2. The minimum absolute atomic E-state index is 0.500. The van der Waals surface area contributed by atoms with Gasteiger partial charge in [-0.3, -0.25) is 4.98 Å². The van der Waals surface area contributed by atoms with Crippen molar-refractivity contribution in [3.05, 3.63) is 59.4 Å². The first kappa shape index (κ1) is 11.6. The Bertz CT molecular complexity index is 525. The van der Waals surface area contributed by atoms with Gasteiger partial charge in [-0.15, -0.1) is 0 Å². The van der Waals surface area contributed by atoms with E-state index in [0.29, 0.717) is 16.4 Å². The lowest BCUT2D eigenvalue weighted by atomic mass is 10.2. The van der Waals surface area contributed by atoms with E-state index in [9.17, 15) is 0 Å². The molecule has 0 aliphatic carbocycles. The van der Waals surface area contributed by atoms with Gasteiger partial charge < -0.3 is 5.43 Å². The first-order valence-electron chi connectivity index (χ1n) is 5.01. The number of amidine groups is 1. The second-order valence-corrected chi connectivity index (χ2v) is 3.70. The molecule has 0 amide bonds. The lowest BCUT2D eigenvalue weighted by Crippen LogP contribution is -2.31. The highest BCUT2D eigenvalue weighted by atomic mass is 35.5. The quantitative estimate of drug-likeness (QED) is 0.370. The molecule has 0 radical (unpaired) electrons. The smallest absolute Gasteiger partial charge is 0.149 e. The zero-order valence-electron chi connectivity index (χ0n) is 8.97. The van der Waals surface area contributed by atoms with Crippen molar-refractivity contribution >= 4 is 23.1 Å². The molecular weight excluding hydrogens is 236 g/mol. The van der Waals surface area contributed by atoms with Crippen LogP contribution < -0.4 is 11.3 Å². The largest absolute Gasteiger partial charge is 0.308 e. The van der Waals surface area contributed by atoms with Crippen molar-refractivity contribution in [3.8, 4) is 0 Å². The van der Waals surface area contributed by atoms with Crippen LogP contribution in [0.1, 0.15) is 5.56 Å². The number of hydrogen-bond donors (Lipinski definition) is 2. The number of aliphatic imine (C=N–C) groups is 1. The summed E-state index contributed by atoms with van der Waals surface area (Å²) in [6, 6.07) is 11.2. The zero-order chi connectivity index (χ0) is 12.1. The van der Waals surface area contributed by atoms with Crippen LogP contribution in [-0.2, 0) is 0 Å². The van der Waals surface area contributed by atoms with Gasteiger partial charge in [0.05, 0.1) is 10.7 Å². The average molecular weight is 247 g/mol. The zero-order valence-corrected chi connectivity index (χ0v) is 9.72. The summed E-state index contributed by atoms with van der Waals surface area (Å²) in [5, 5.41) is 0.500. The molecule has 1 aromatic heterocycles. The van der Waals surface area contributed by atoms with Gasteiger partial charge in [0.2, 0.25) is 0 Å². The van der Waals surface area contributed by atoms with Gasteiger partial charge in [-0.25, -0.2) is 10.8 Å². The molecule has 0 bridgehead atoms. The molecule has 5 heteroatoms. The van der Waals surface area contributed by atoms with Crippen LogP contribution >= 0.6 is 11.6 Å². The summed E-state index contributed by atoms with van der Waals surface area (Å²) >= 11 is 6.03. The molecule has 0 unspecified atom stereocenters. The molecule has 3 N–H and O–H groups in total. The molecule has 0 spiro atoms. The van der Waals surface area contributed by atoms with Crippen LogP contribution in [-0.4, -0.2) is 10.8 Å². The maximum absolute atomic E-state index is 6.03. The highest BCUT2D eigenvalue weighted by Gasteiger charge is 2.06. The Morgan fingerprint density at radius 2 is 2.00 bits per heavy atom. The summed E-state index contributed by atoms with van der Waals surface area (Å²) in [7, 11) is 0. The molecule has 17 heavy (non-hydrogen) atoms. The van der Waals surface area contributed by atoms with Crippen molar-refractivity contribution in [1.82, 2.24) is 10.4 Å². The number of para-hydroxylation sites is 1. The normalized spacial score (nSPS) is 11.3. The molecule has 1 heterocycles. The number of nitrogens with two attached hydrogens (primary N) is 1. The Balaban J connectivity index is 2.41. The molecule has 0 saturated carbocycles. The van der Waals surface area contributed by atoms with Crippen molar-refractivity contribution in [2.75, 3.05) is 0 Å². The number of hydrogen-bond acceptors (Lipinski definition) is 3. The number of hydrazine groups is 1. The number of nitrogens with zero attached hydrogens (tertiary/aromatic N) is 2. The molecule has 0 aliphatic rings. The third-order valence-corrected chi connectivity index (χ3v) is 2.46. The van der Waals surface area contributed by atoms with Crippen LogP contribution in [0.25, 0.3) is 0 Å². The van der Waals surface area contributed by atoms with Gasteiger partial charge in [0.1, 0.15) is 5.84 Å². The van der Waals surface area contributed by atoms with E-state index >= 15 is 0 Å². The van der Waals surface area contributed by atoms with Gasteiger partial charge in [-0.05, 0) is 18.2 Å². The minimum atomic E-state index is 0.500. The number of halogens is 1. The number of aromatic nitrogens is 1. The lowest BCUT2D eigenvalue weighted by molar-refractivity contribution is 1.02. The number of nitrogens with one attached hydrogen (secondary N) is 1. The molecule has 0 fully saturated rings.